The van der Waals surface area contributed by atoms with Gasteiger partial charge in [-0.2, -0.15) is 11.8 Å². The van der Waals surface area contributed by atoms with Gasteiger partial charge >= 0.3 is 0 Å². The summed E-state index contributed by atoms with van der Waals surface area (Å²) in [5, 5.41) is 12.0. The number of hydrogen-bond donors (Lipinski definition) is 2. The molecule has 0 bridgehead atoms. The monoisotopic (exact) mass is 248 g/mol. The van der Waals surface area contributed by atoms with Crippen molar-refractivity contribution >= 4 is 11.8 Å². The molecule has 0 aromatic rings. The van der Waals surface area contributed by atoms with E-state index in [4.69, 9.17) is 9.84 Å². The van der Waals surface area contributed by atoms with Crippen LogP contribution in [-0.4, -0.2) is 74.1 Å². The summed E-state index contributed by atoms with van der Waals surface area (Å²) in [6, 6.07) is 0. The summed E-state index contributed by atoms with van der Waals surface area (Å²) in [6.07, 6.45) is 1.25. The molecular formula is C11H24N2O2S. The van der Waals surface area contributed by atoms with Crippen molar-refractivity contribution < 1.29 is 9.84 Å². The van der Waals surface area contributed by atoms with Crippen LogP contribution in [0.15, 0.2) is 0 Å². The highest BCUT2D eigenvalue weighted by molar-refractivity contribution is 7.99. The molecule has 1 rings (SSSR count). The van der Waals surface area contributed by atoms with Crippen LogP contribution in [0.25, 0.3) is 0 Å². The highest BCUT2D eigenvalue weighted by Crippen LogP contribution is 2.02. The Morgan fingerprint density at radius 1 is 1.50 bits per heavy atom. The van der Waals surface area contributed by atoms with Gasteiger partial charge in [0.15, 0.2) is 0 Å². The Balaban J connectivity index is 1.86. The maximum absolute atomic E-state index is 8.61. The van der Waals surface area contributed by atoms with Crippen molar-refractivity contribution in [2.75, 3.05) is 57.9 Å². The second kappa shape index (κ2) is 9.24. The van der Waals surface area contributed by atoms with Gasteiger partial charge in [0.2, 0.25) is 0 Å². The van der Waals surface area contributed by atoms with Crippen LogP contribution in [0, 0.1) is 0 Å². The lowest BCUT2D eigenvalue weighted by Crippen LogP contribution is -2.45. The molecule has 1 aliphatic rings. The predicted octanol–water partition coefficient (Wildman–Crippen LogP) is 0.0222. The van der Waals surface area contributed by atoms with Crippen molar-refractivity contribution in [3.63, 3.8) is 0 Å². The maximum atomic E-state index is 8.61. The Kier molecular flexibility index (Phi) is 8.23. The van der Waals surface area contributed by atoms with Crippen LogP contribution >= 0.6 is 11.8 Å². The van der Waals surface area contributed by atoms with E-state index in [1.807, 2.05) is 11.8 Å². The lowest BCUT2D eigenvalue weighted by atomic mass is 10.3. The molecule has 1 heterocycles. The fraction of sp³-hybridized carbons (Fsp3) is 1.00. The Hall–Kier alpha value is 0.190. The first-order valence-corrected chi connectivity index (χ1v) is 7.18. The fourth-order valence-electron chi connectivity index (χ4n) is 1.67. The standard InChI is InChI=1S/C11H24N2O2S/c1-13-4-6-15-11(10-13)9-12-3-8-16-7-2-5-14/h11-12,14H,2-10H2,1H3. The van der Waals surface area contributed by atoms with Crippen molar-refractivity contribution in [2.45, 2.75) is 12.5 Å². The van der Waals surface area contributed by atoms with Gasteiger partial charge < -0.3 is 20.1 Å². The first-order chi connectivity index (χ1) is 7.83. The van der Waals surface area contributed by atoms with E-state index in [1.54, 1.807) is 0 Å². The number of aliphatic hydroxyl groups excluding tert-OH is 1. The Morgan fingerprint density at radius 3 is 3.12 bits per heavy atom. The zero-order valence-corrected chi connectivity index (χ0v) is 11.0. The third-order valence-corrected chi connectivity index (χ3v) is 3.65. The van der Waals surface area contributed by atoms with E-state index in [0.717, 1.165) is 50.7 Å². The second-order valence-corrected chi connectivity index (χ2v) is 5.37. The molecule has 1 unspecified atom stereocenters. The van der Waals surface area contributed by atoms with E-state index < -0.39 is 0 Å². The smallest absolute Gasteiger partial charge is 0.0826 e. The van der Waals surface area contributed by atoms with Gasteiger partial charge in [-0.1, -0.05) is 0 Å². The molecule has 0 saturated carbocycles. The van der Waals surface area contributed by atoms with E-state index in [0.29, 0.717) is 12.7 Å². The molecule has 1 atom stereocenters. The Bertz CT molecular complexity index is 172. The fourth-order valence-corrected chi connectivity index (χ4v) is 2.49. The largest absolute Gasteiger partial charge is 0.396 e. The van der Waals surface area contributed by atoms with Gasteiger partial charge in [0.05, 0.1) is 12.7 Å². The average molecular weight is 248 g/mol. The van der Waals surface area contributed by atoms with Crippen LogP contribution in [-0.2, 0) is 4.74 Å². The van der Waals surface area contributed by atoms with Crippen LogP contribution in [0.1, 0.15) is 6.42 Å². The number of nitrogens with one attached hydrogen (secondary N) is 1. The zero-order valence-electron chi connectivity index (χ0n) is 10.2. The molecule has 16 heavy (non-hydrogen) atoms. The summed E-state index contributed by atoms with van der Waals surface area (Å²) >= 11 is 1.89. The summed E-state index contributed by atoms with van der Waals surface area (Å²) in [5.41, 5.74) is 0. The van der Waals surface area contributed by atoms with Crippen molar-refractivity contribution in [3.05, 3.63) is 0 Å². The SMILES string of the molecule is CN1CCOC(CNCCSCCCO)C1. The highest BCUT2D eigenvalue weighted by atomic mass is 32.2. The molecule has 1 saturated heterocycles. The molecule has 2 N–H and O–H groups in total. The third-order valence-electron chi connectivity index (χ3n) is 2.58. The minimum atomic E-state index is 0.308. The van der Waals surface area contributed by atoms with Crippen molar-refractivity contribution in [3.8, 4) is 0 Å². The normalized spacial score (nSPS) is 22.5. The van der Waals surface area contributed by atoms with Gasteiger partial charge in [-0.05, 0) is 19.2 Å². The lowest BCUT2D eigenvalue weighted by molar-refractivity contribution is -0.0177. The van der Waals surface area contributed by atoms with Crippen molar-refractivity contribution in [1.29, 1.82) is 0 Å². The number of morpholine rings is 1. The minimum absolute atomic E-state index is 0.308. The van der Waals surface area contributed by atoms with Crippen LogP contribution in [0.2, 0.25) is 0 Å². The average Bonchev–Trinajstić information content (AvgIpc) is 2.28. The third kappa shape index (κ3) is 6.70. The number of nitrogens with zero attached hydrogens (tertiary/aromatic N) is 1. The summed E-state index contributed by atoms with van der Waals surface area (Å²) in [4.78, 5) is 2.31. The summed E-state index contributed by atoms with van der Waals surface area (Å²) in [7, 11) is 2.14. The molecular weight excluding hydrogens is 224 g/mol. The summed E-state index contributed by atoms with van der Waals surface area (Å²) in [5.74, 6) is 2.17. The second-order valence-electron chi connectivity index (χ2n) is 4.15. The van der Waals surface area contributed by atoms with E-state index in [2.05, 4.69) is 17.3 Å². The molecule has 0 aliphatic carbocycles. The van der Waals surface area contributed by atoms with Gasteiger partial charge in [0.25, 0.3) is 0 Å². The zero-order chi connectivity index (χ0) is 11.6. The van der Waals surface area contributed by atoms with Crippen molar-refractivity contribution in [1.82, 2.24) is 10.2 Å². The van der Waals surface area contributed by atoms with E-state index >= 15 is 0 Å². The molecule has 0 amide bonds. The first-order valence-electron chi connectivity index (χ1n) is 6.02. The minimum Gasteiger partial charge on any atom is -0.396 e. The quantitative estimate of drug-likeness (QED) is 0.593. The van der Waals surface area contributed by atoms with Crippen LogP contribution in [0.5, 0.6) is 0 Å². The Labute approximate surface area is 103 Å². The molecule has 5 heteroatoms. The van der Waals surface area contributed by atoms with E-state index in [9.17, 15) is 0 Å². The molecule has 0 radical (unpaired) electrons. The predicted molar refractivity (Wildman–Crippen MR) is 69.1 cm³/mol. The number of thioether (sulfide) groups is 1. The number of likely N-dealkylation sites (N-methyl/N-ethyl adjacent to an activating group) is 1. The maximum Gasteiger partial charge on any atom is 0.0826 e. The number of aliphatic hydroxyl groups is 1. The van der Waals surface area contributed by atoms with E-state index in [-0.39, 0.29) is 0 Å². The van der Waals surface area contributed by atoms with E-state index in [1.165, 1.54) is 0 Å². The molecule has 4 nitrogen and oxygen atoms in total. The Morgan fingerprint density at radius 2 is 2.38 bits per heavy atom. The molecule has 0 aromatic heterocycles. The first kappa shape index (κ1) is 14.3. The summed E-state index contributed by atoms with van der Waals surface area (Å²) < 4.78 is 5.65. The summed E-state index contributed by atoms with van der Waals surface area (Å²) in [6.45, 7) is 5.22. The van der Waals surface area contributed by atoms with Gasteiger partial charge in [0.1, 0.15) is 0 Å². The number of rotatable bonds is 8. The number of hydrogen-bond acceptors (Lipinski definition) is 5. The molecule has 1 fully saturated rings. The van der Waals surface area contributed by atoms with Crippen molar-refractivity contribution in [2.24, 2.45) is 0 Å². The van der Waals surface area contributed by atoms with Gasteiger partial charge in [-0.25, -0.2) is 0 Å². The molecule has 1 aliphatic heterocycles. The van der Waals surface area contributed by atoms with Crippen LogP contribution < -0.4 is 5.32 Å². The lowest BCUT2D eigenvalue weighted by Gasteiger charge is -2.30. The van der Waals surface area contributed by atoms with Gasteiger partial charge in [-0.3, -0.25) is 0 Å². The van der Waals surface area contributed by atoms with Gasteiger partial charge in [0, 0.05) is 38.5 Å². The van der Waals surface area contributed by atoms with Crippen LogP contribution in [0.4, 0.5) is 0 Å². The highest BCUT2D eigenvalue weighted by Gasteiger charge is 2.16. The molecule has 0 aromatic carbocycles. The number of ether oxygens (including phenoxy) is 1. The topological polar surface area (TPSA) is 44.7 Å². The van der Waals surface area contributed by atoms with Gasteiger partial charge in [-0.15, -0.1) is 0 Å². The molecule has 0 spiro atoms. The van der Waals surface area contributed by atoms with Crippen LogP contribution in [0.3, 0.4) is 0 Å². The molecule has 96 valence electrons.